The molecular weight excluding hydrogens is 264 g/mol. The fourth-order valence-electron chi connectivity index (χ4n) is 2.02. The van der Waals surface area contributed by atoms with E-state index in [0.717, 1.165) is 24.8 Å². The van der Waals surface area contributed by atoms with E-state index in [1.54, 1.807) is 0 Å². The van der Waals surface area contributed by atoms with Crippen molar-refractivity contribution in [2.24, 2.45) is 0 Å². The van der Waals surface area contributed by atoms with E-state index in [2.05, 4.69) is 6.92 Å². The van der Waals surface area contributed by atoms with Gasteiger partial charge in [0.2, 0.25) is 0 Å². The number of hydrogen-bond donors (Lipinski definition) is 3. The minimum absolute atomic E-state index is 0.436. The summed E-state index contributed by atoms with van der Waals surface area (Å²) in [4.78, 5) is 11.2. The molecule has 1 heterocycles. The first-order chi connectivity index (χ1) is 9.06. The zero-order valence-corrected chi connectivity index (χ0v) is 12.0. The van der Waals surface area contributed by atoms with Crippen LogP contribution in [0.25, 0.3) is 0 Å². The molecule has 108 valence electrons. The van der Waals surface area contributed by atoms with E-state index < -0.39 is 24.6 Å². The van der Waals surface area contributed by atoms with E-state index in [0.29, 0.717) is 4.88 Å². The van der Waals surface area contributed by atoms with E-state index >= 15 is 0 Å². The molecule has 0 amide bonds. The molecule has 2 atom stereocenters. The maximum atomic E-state index is 10.5. The summed E-state index contributed by atoms with van der Waals surface area (Å²) >= 11 is 1.37. The van der Waals surface area contributed by atoms with Gasteiger partial charge in [-0.1, -0.05) is 26.2 Å². The molecule has 0 aliphatic heterocycles. The molecular formula is C14H22O4S. The first kappa shape index (κ1) is 16.1. The number of aliphatic hydroxyl groups is 2. The summed E-state index contributed by atoms with van der Waals surface area (Å²) in [5.41, 5.74) is 1.03. The number of aliphatic hydroxyl groups excluding tert-OH is 2. The molecule has 0 aliphatic carbocycles. The summed E-state index contributed by atoms with van der Waals surface area (Å²) in [5, 5.41) is 30.2. The SMILES string of the molecule is CCCCCCc1ccsc1C(O)C(O)CC(=O)O. The molecule has 2 unspecified atom stereocenters. The van der Waals surface area contributed by atoms with Crippen molar-refractivity contribution in [3.63, 3.8) is 0 Å². The molecule has 1 rings (SSSR count). The van der Waals surface area contributed by atoms with Crippen LogP contribution in [0.15, 0.2) is 11.4 Å². The van der Waals surface area contributed by atoms with Crippen LogP contribution in [0, 0.1) is 0 Å². The fourth-order valence-corrected chi connectivity index (χ4v) is 3.02. The highest BCUT2D eigenvalue weighted by Gasteiger charge is 2.24. The lowest BCUT2D eigenvalue weighted by molar-refractivity contribution is -0.141. The second-order valence-corrected chi connectivity index (χ2v) is 5.68. The van der Waals surface area contributed by atoms with E-state index in [1.807, 2.05) is 11.4 Å². The van der Waals surface area contributed by atoms with Crippen LogP contribution in [0.2, 0.25) is 0 Å². The Morgan fingerprint density at radius 1 is 1.32 bits per heavy atom. The van der Waals surface area contributed by atoms with Gasteiger partial charge in [0, 0.05) is 4.88 Å². The van der Waals surface area contributed by atoms with E-state index in [-0.39, 0.29) is 0 Å². The van der Waals surface area contributed by atoms with Gasteiger partial charge in [-0.15, -0.1) is 11.3 Å². The van der Waals surface area contributed by atoms with Gasteiger partial charge in [-0.3, -0.25) is 4.79 Å². The maximum Gasteiger partial charge on any atom is 0.306 e. The number of hydrogen-bond acceptors (Lipinski definition) is 4. The zero-order valence-electron chi connectivity index (χ0n) is 11.2. The molecule has 0 spiro atoms. The molecule has 0 saturated carbocycles. The largest absolute Gasteiger partial charge is 0.481 e. The van der Waals surface area contributed by atoms with E-state index in [1.165, 1.54) is 24.2 Å². The fraction of sp³-hybridized carbons (Fsp3) is 0.643. The van der Waals surface area contributed by atoms with Gasteiger partial charge in [0.05, 0.1) is 12.5 Å². The third-order valence-electron chi connectivity index (χ3n) is 3.10. The van der Waals surface area contributed by atoms with Crippen molar-refractivity contribution >= 4 is 17.3 Å². The van der Waals surface area contributed by atoms with Crippen LogP contribution in [0.1, 0.15) is 55.6 Å². The summed E-state index contributed by atoms with van der Waals surface area (Å²) in [7, 11) is 0. The molecule has 0 fully saturated rings. The summed E-state index contributed by atoms with van der Waals surface area (Å²) in [6, 6.07) is 1.95. The van der Waals surface area contributed by atoms with Crippen molar-refractivity contribution in [3.05, 3.63) is 21.9 Å². The Hall–Kier alpha value is -0.910. The molecule has 4 nitrogen and oxygen atoms in total. The molecule has 1 aromatic heterocycles. The van der Waals surface area contributed by atoms with Crippen molar-refractivity contribution in [3.8, 4) is 0 Å². The lowest BCUT2D eigenvalue weighted by Gasteiger charge is -2.16. The number of unbranched alkanes of at least 4 members (excludes halogenated alkanes) is 3. The quantitative estimate of drug-likeness (QED) is 0.610. The lowest BCUT2D eigenvalue weighted by Crippen LogP contribution is -2.21. The van der Waals surface area contributed by atoms with E-state index in [4.69, 9.17) is 5.11 Å². The van der Waals surface area contributed by atoms with Crippen molar-refractivity contribution in [2.75, 3.05) is 0 Å². The smallest absolute Gasteiger partial charge is 0.306 e. The number of aliphatic carboxylic acids is 1. The zero-order chi connectivity index (χ0) is 14.3. The van der Waals surface area contributed by atoms with Gasteiger partial charge in [-0.05, 0) is 29.9 Å². The van der Waals surface area contributed by atoms with Gasteiger partial charge in [-0.25, -0.2) is 0 Å². The minimum atomic E-state index is -1.24. The standard InChI is InChI=1S/C14H22O4S/c1-2-3-4-5-6-10-7-8-19-14(10)13(18)11(15)9-12(16)17/h7-8,11,13,15,18H,2-6,9H2,1H3,(H,16,17). The predicted octanol–water partition coefficient (Wildman–Crippen LogP) is 2.74. The molecule has 0 aliphatic rings. The number of carbonyl (C=O) groups is 1. The van der Waals surface area contributed by atoms with Crippen molar-refractivity contribution in [1.82, 2.24) is 0 Å². The van der Waals surface area contributed by atoms with Gasteiger partial charge in [-0.2, -0.15) is 0 Å². The Balaban J connectivity index is 2.57. The second kappa shape index (κ2) is 8.30. The first-order valence-electron chi connectivity index (χ1n) is 6.70. The molecule has 3 N–H and O–H groups in total. The summed E-state index contributed by atoms with van der Waals surface area (Å²) in [6.45, 7) is 2.15. The van der Waals surface area contributed by atoms with Crippen LogP contribution in [0.5, 0.6) is 0 Å². The maximum absolute atomic E-state index is 10.5. The monoisotopic (exact) mass is 286 g/mol. The summed E-state index contributed by atoms with van der Waals surface area (Å²) in [5.74, 6) is -1.10. The van der Waals surface area contributed by atoms with Gasteiger partial charge >= 0.3 is 5.97 Å². The van der Waals surface area contributed by atoms with Gasteiger partial charge in [0.15, 0.2) is 0 Å². The average Bonchev–Trinajstić information content (AvgIpc) is 2.81. The highest BCUT2D eigenvalue weighted by atomic mass is 32.1. The Morgan fingerprint density at radius 3 is 2.68 bits per heavy atom. The number of carboxylic acid groups (broad SMARTS) is 1. The Bertz CT molecular complexity index is 389. The minimum Gasteiger partial charge on any atom is -0.481 e. The molecule has 0 aromatic carbocycles. The van der Waals surface area contributed by atoms with Crippen LogP contribution < -0.4 is 0 Å². The van der Waals surface area contributed by atoms with Gasteiger partial charge < -0.3 is 15.3 Å². The molecule has 19 heavy (non-hydrogen) atoms. The van der Waals surface area contributed by atoms with Gasteiger partial charge in [0.25, 0.3) is 0 Å². The number of thiophene rings is 1. The van der Waals surface area contributed by atoms with Crippen LogP contribution in [0.4, 0.5) is 0 Å². The topological polar surface area (TPSA) is 77.8 Å². The Morgan fingerprint density at radius 2 is 2.05 bits per heavy atom. The second-order valence-electron chi connectivity index (χ2n) is 4.73. The molecule has 0 saturated heterocycles. The number of rotatable bonds is 9. The molecule has 0 radical (unpaired) electrons. The predicted molar refractivity (Wildman–Crippen MR) is 75.4 cm³/mol. The molecule has 0 bridgehead atoms. The van der Waals surface area contributed by atoms with E-state index in [9.17, 15) is 15.0 Å². The van der Waals surface area contributed by atoms with Crippen molar-refractivity contribution in [2.45, 2.75) is 57.7 Å². The first-order valence-corrected chi connectivity index (χ1v) is 7.58. The molecule has 5 heteroatoms. The highest BCUT2D eigenvalue weighted by Crippen LogP contribution is 2.29. The van der Waals surface area contributed by atoms with Crippen LogP contribution in [-0.4, -0.2) is 27.4 Å². The van der Waals surface area contributed by atoms with Crippen LogP contribution in [-0.2, 0) is 11.2 Å². The van der Waals surface area contributed by atoms with Crippen molar-refractivity contribution < 1.29 is 20.1 Å². The Labute approximate surface area is 117 Å². The lowest BCUT2D eigenvalue weighted by atomic mass is 10.0. The van der Waals surface area contributed by atoms with Crippen molar-refractivity contribution in [1.29, 1.82) is 0 Å². The third-order valence-corrected chi connectivity index (χ3v) is 4.13. The third kappa shape index (κ3) is 5.30. The number of carboxylic acids is 1. The number of aryl methyl sites for hydroxylation is 1. The van der Waals surface area contributed by atoms with Crippen LogP contribution >= 0.6 is 11.3 Å². The highest BCUT2D eigenvalue weighted by molar-refractivity contribution is 7.10. The van der Waals surface area contributed by atoms with Crippen LogP contribution in [0.3, 0.4) is 0 Å². The average molecular weight is 286 g/mol. The summed E-state index contributed by atoms with van der Waals surface area (Å²) < 4.78 is 0. The molecule has 1 aromatic rings. The summed E-state index contributed by atoms with van der Waals surface area (Å²) in [6.07, 6.45) is 2.67. The van der Waals surface area contributed by atoms with Gasteiger partial charge in [0.1, 0.15) is 6.10 Å². The Kier molecular flexibility index (Phi) is 7.05. The normalized spacial score (nSPS) is 14.3.